The van der Waals surface area contributed by atoms with Gasteiger partial charge in [0.2, 0.25) is 10.0 Å². The average molecular weight is 648 g/mol. The maximum atomic E-state index is 13.6. The maximum absolute atomic E-state index is 13.6. The van der Waals surface area contributed by atoms with Gasteiger partial charge in [-0.1, -0.05) is 44.2 Å². The third-order valence-electron chi connectivity index (χ3n) is 7.23. The third kappa shape index (κ3) is 8.90. The van der Waals surface area contributed by atoms with Crippen LogP contribution in [0.1, 0.15) is 40.1 Å². The van der Waals surface area contributed by atoms with Crippen molar-refractivity contribution in [2.24, 2.45) is 5.92 Å². The number of aliphatic hydroxyl groups excluding tert-OH is 1. The molecule has 0 saturated heterocycles. The van der Waals surface area contributed by atoms with Crippen molar-refractivity contribution in [2.75, 3.05) is 29.9 Å². The predicted octanol–water partition coefficient (Wildman–Crippen LogP) is 4.29. The van der Waals surface area contributed by atoms with Gasteiger partial charge in [-0.15, -0.1) is 0 Å². The van der Waals surface area contributed by atoms with Gasteiger partial charge in [-0.2, -0.15) is 4.31 Å². The van der Waals surface area contributed by atoms with Gasteiger partial charge in [0.05, 0.1) is 28.4 Å². The number of aliphatic hydroxyl groups is 1. The van der Waals surface area contributed by atoms with E-state index in [1.165, 1.54) is 65.0 Å². The number of sulfonamides is 1. The second kappa shape index (κ2) is 15.0. The number of nitrogens with two attached hydrogens (primary N) is 2. The number of anilines is 3. The Kier molecular flexibility index (Phi) is 11.1. The van der Waals surface area contributed by atoms with Crippen molar-refractivity contribution in [2.45, 2.75) is 37.3 Å². The molecule has 46 heavy (non-hydrogen) atoms. The summed E-state index contributed by atoms with van der Waals surface area (Å²) >= 11 is 0. The summed E-state index contributed by atoms with van der Waals surface area (Å²) in [5.41, 5.74) is 13.6. The number of halogens is 1. The van der Waals surface area contributed by atoms with Crippen LogP contribution in [-0.4, -0.2) is 54.9 Å². The van der Waals surface area contributed by atoms with E-state index in [2.05, 4.69) is 10.6 Å². The molecular weight excluding hydrogens is 609 g/mol. The van der Waals surface area contributed by atoms with Crippen molar-refractivity contribution < 1.29 is 27.5 Å². The Morgan fingerprint density at radius 1 is 0.848 bits per heavy atom. The van der Waals surface area contributed by atoms with Crippen LogP contribution in [0.2, 0.25) is 0 Å². The van der Waals surface area contributed by atoms with E-state index in [4.69, 9.17) is 11.5 Å². The third-order valence-corrected chi connectivity index (χ3v) is 9.07. The van der Waals surface area contributed by atoms with E-state index >= 15 is 0 Å². The van der Waals surface area contributed by atoms with E-state index in [1.807, 2.05) is 44.2 Å². The molecular formula is C34H38FN5O5S. The molecule has 0 saturated carbocycles. The molecule has 242 valence electrons. The SMILES string of the molecule is CC(C)CN(CC(O)C(Cc1ccccc1)NC(=O)c1ccc(C(=O)Nc2ccc(F)cc2N)cc1)S(=O)(=O)c1ccc(N)cc1. The molecule has 0 bridgehead atoms. The highest BCUT2D eigenvalue weighted by Gasteiger charge is 2.31. The molecule has 7 N–H and O–H groups in total. The number of rotatable bonds is 13. The van der Waals surface area contributed by atoms with Gasteiger partial charge >= 0.3 is 0 Å². The van der Waals surface area contributed by atoms with Gasteiger partial charge in [0.25, 0.3) is 11.8 Å². The van der Waals surface area contributed by atoms with E-state index in [0.29, 0.717) is 5.69 Å². The Labute approximate surface area is 268 Å². The van der Waals surface area contributed by atoms with Crippen molar-refractivity contribution in [3.63, 3.8) is 0 Å². The van der Waals surface area contributed by atoms with Gasteiger partial charge in [-0.05, 0) is 84.6 Å². The van der Waals surface area contributed by atoms with Crippen LogP contribution >= 0.6 is 0 Å². The number of nitrogens with one attached hydrogen (secondary N) is 2. The molecule has 0 aliphatic rings. The van der Waals surface area contributed by atoms with Crippen LogP contribution in [0.5, 0.6) is 0 Å². The fourth-order valence-electron chi connectivity index (χ4n) is 4.82. The van der Waals surface area contributed by atoms with E-state index in [9.17, 15) is 27.5 Å². The fraction of sp³-hybridized carbons (Fsp3) is 0.235. The van der Waals surface area contributed by atoms with E-state index in [-0.39, 0.29) is 52.8 Å². The first-order valence-corrected chi connectivity index (χ1v) is 16.1. The van der Waals surface area contributed by atoms with Crippen molar-refractivity contribution in [3.05, 3.63) is 120 Å². The van der Waals surface area contributed by atoms with Gasteiger partial charge in [0.15, 0.2) is 0 Å². The van der Waals surface area contributed by atoms with E-state index in [1.54, 1.807) is 0 Å². The Hall–Kier alpha value is -4.78. The maximum Gasteiger partial charge on any atom is 0.255 e. The Morgan fingerprint density at radius 2 is 1.46 bits per heavy atom. The van der Waals surface area contributed by atoms with Crippen LogP contribution in [0.15, 0.2) is 102 Å². The summed E-state index contributed by atoms with van der Waals surface area (Å²) in [7, 11) is -3.99. The Balaban J connectivity index is 1.53. The number of benzene rings is 4. The summed E-state index contributed by atoms with van der Waals surface area (Å²) < 4.78 is 41.8. The highest BCUT2D eigenvalue weighted by Crippen LogP contribution is 2.22. The summed E-state index contributed by atoms with van der Waals surface area (Å²) in [4.78, 5) is 26.2. The average Bonchev–Trinajstić information content (AvgIpc) is 3.02. The lowest BCUT2D eigenvalue weighted by Gasteiger charge is -2.31. The van der Waals surface area contributed by atoms with Gasteiger partial charge in [0.1, 0.15) is 5.82 Å². The highest BCUT2D eigenvalue weighted by atomic mass is 32.2. The predicted molar refractivity (Wildman–Crippen MR) is 177 cm³/mol. The molecule has 0 aliphatic heterocycles. The zero-order valence-corrected chi connectivity index (χ0v) is 26.4. The molecule has 0 aromatic heterocycles. The monoisotopic (exact) mass is 647 g/mol. The fourth-order valence-corrected chi connectivity index (χ4v) is 6.44. The minimum atomic E-state index is -3.99. The first-order chi connectivity index (χ1) is 21.8. The molecule has 4 rings (SSSR count). The molecule has 0 spiro atoms. The molecule has 10 nitrogen and oxygen atoms in total. The Bertz CT molecular complexity index is 1750. The van der Waals surface area contributed by atoms with Crippen LogP contribution in [0.25, 0.3) is 0 Å². The summed E-state index contributed by atoms with van der Waals surface area (Å²) in [6.45, 7) is 3.62. The van der Waals surface area contributed by atoms with Gasteiger partial charge in [0, 0.05) is 29.9 Å². The number of hydrogen-bond acceptors (Lipinski definition) is 7. The lowest BCUT2D eigenvalue weighted by Crippen LogP contribution is -2.51. The topological polar surface area (TPSA) is 168 Å². The van der Waals surface area contributed by atoms with Gasteiger partial charge in [-0.25, -0.2) is 12.8 Å². The lowest BCUT2D eigenvalue weighted by atomic mass is 10.00. The molecule has 2 amide bonds. The van der Waals surface area contributed by atoms with Crippen LogP contribution in [0, 0.1) is 11.7 Å². The minimum Gasteiger partial charge on any atom is -0.399 e. The Morgan fingerprint density at radius 3 is 2.04 bits per heavy atom. The van der Waals surface area contributed by atoms with Crippen LogP contribution < -0.4 is 22.1 Å². The first kappa shape index (κ1) is 34.1. The zero-order chi connectivity index (χ0) is 33.4. The van der Waals surface area contributed by atoms with Crippen LogP contribution in [-0.2, 0) is 16.4 Å². The summed E-state index contributed by atoms with van der Waals surface area (Å²) in [6, 6.07) is 23.7. The second-order valence-electron chi connectivity index (χ2n) is 11.4. The number of amides is 2. The van der Waals surface area contributed by atoms with Crippen molar-refractivity contribution in [1.29, 1.82) is 0 Å². The highest BCUT2D eigenvalue weighted by molar-refractivity contribution is 7.89. The number of carbonyl (C=O) groups excluding carboxylic acids is 2. The second-order valence-corrected chi connectivity index (χ2v) is 13.3. The number of nitrogen functional groups attached to an aromatic ring is 2. The van der Waals surface area contributed by atoms with Crippen molar-refractivity contribution in [1.82, 2.24) is 9.62 Å². The van der Waals surface area contributed by atoms with Crippen molar-refractivity contribution in [3.8, 4) is 0 Å². The molecule has 4 aromatic carbocycles. The molecule has 0 heterocycles. The standard InChI is InChI=1S/C34H38FN5O5S/c1-22(2)20-40(46(44,45)28-15-13-27(36)14-16-28)21-32(41)31(18-23-6-4-3-5-7-23)39-34(43)25-10-8-24(9-11-25)33(42)38-30-17-12-26(35)19-29(30)37/h3-17,19,22,31-32,41H,18,20-21,36-37H2,1-2H3,(H,38,42)(H,39,43). The molecule has 12 heteroatoms. The van der Waals surface area contributed by atoms with Gasteiger partial charge < -0.3 is 27.2 Å². The quantitative estimate of drug-likeness (QED) is 0.135. The summed E-state index contributed by atoms with van der Waals surface area (Å²) in [5.74, 6) is -1.60. The molecule has 4 aromatic rings. The van der Waals surface area contributed by atoms with Gasteiger partial charge in [-0.3, -0.25) is 9.59 Å². The largest absolute Gasteiger partial charge is 0.399 e. The van der Waals surface area contributed by atoms with Crippen molar-refractivity contribution >= 4 is 38.9 Å². The summed E-state index contributed by atoms with van der Waals surface area (Å²) in [6.07, 6.45) is -1.05. The smallest absolute Gasteiger partial charge is 0.255 e. The van der Waals surface area contributed by atoms with E-state index < -0.39 is 39.8 Å². The minimum absolute atomic E-state index is 0.0458. The number of hydrogen-bond donors (Lipinski definition) is 5. The van der Waals surface area contributed by atoms with Crippen LogP contribution in [0.4, 0.5) is 21.5 Å². The lowest BCUT2D eigenvalue weighted by molar-refractivity contribution is 0.0775. The molecule has 2 atom stereocenters. The zero-order valence-electron chi connectivity index (χ0n) is 25.6. The number of nitrogens with zero attached hydrogens (tertiary/aromatic N) is 1. The molecule has 0 fully saturated rings. The summed E-state index contributed by atoms with van der Waals surface area (Å²) in [5, 5.41) is 16.9. The normalized spacial score (nSPS) is 12.9. The molecule has 0 aliphatic carbocycles. The first-order valence-electron chi connectivity index (χ1n) is 14.7. The molecule has 0 radical (unpaired) electrons. The van der Waals surface area contributed by atoms with Crippen LogP contribution in [0.3, 0.4) is 0 Å². The molecule has 2 unspecified atom stereocenters. The number of carbonyl (C=O) groups is 2. The van der Waals surface area contributed by atoms with E-state index in [0.717, 1.165) is 11.6 Å².